The van der Waals surface area contributed by atoms with Crippen LogP contribution in [0.2, 0.25) is 0 Å². The lowest BCUT2D eigenvalue weighted by Gasteiger charge is -1.98. The van der Waals surface area contributed by atoms with E-state index in [1.54, 1.807) is 0 Å². The van der Waals surface area contributed by atoms with Gasteiger partial charge in [-0.2, -0.15) is 5.10 Å². The average molecular weight is 153 g/mol. The first-order valence-corrected chi connectivity index (χ1v) is 4.12. The summed E-state index contributed by atoms with van der Waals surface area (Å²) >= 11 is 0. The van der Waals surface area contributed by atoms with Crippen LogP contribution in [0.25, 0.3) is 0 Å². The number of aryl methyl sites for hydroxylation is 1. The van der Waals surface area contributed by atoms with E-state index >= 15 is 0 Å². The Morgan fingerprint density at radius 1 is 1.55 bits per heavy atom. The molecule has 11 heavy (non-hydrogen) atoms. The molecule has 0 aliphatic carbocycles. The molecule has 3 nitrogen and oxygen atoms in total. The van der Waals surface area contributed by atoms with E-state index in [1.165, 1.54) is 19.3 Å². The maximum Gasteiger partial charge on any atom is 0.145 e. The molecule has 62 valence electrons. The number of nitrogens with two attached hydrogens (primary N) is 1. The lowest BCUT2D eigenvalue weighted by Crippen LogP contribution is -1.99. The van der Waals surface area contributed by atoms with Crippen molar-refractivity contribution in [3.8, 4) is 0 Å². The predicted octanol–water partition coefficient (Wildman–Crippen LogP) is 1.66. The number of hydrogen-bond donors (Lipinski definition) is 1. The van der Waals surface area contributed by atoms with Gasteiger partial charge in [0.25, 0.3) is 0 Å². The van der Waals surface area contributed by atoms with Crippen LogP contribution < -0.4 is 5.73 Å². The van der Waals surface area contributed by atoms with E-state index in [0.29, 0.717) is 5.82 Å². The van der Waals surface area contributed by atoms with E-state index in [4.69, 9.17) is 5.73 Å². The van der Waals surface area contributed by atoms with Gasteiger partial charge in [0.1, 0.15) is 5.82 Å². The zero-order chi connectivity index (χ0) is 8.10. The number of rotatable bonds is 4. The van der Waals surface area contributed by atoms with Crippen LogP contribution >= 0.6 is 0 Å². The first-order chi connectivity index (χ1) is 5.33. The number of anilines is 1. The molecule has 1 aromatic heterocycles. The summed E-state index contributed by atoms with van der Waals surface area (Å²) in [4.78, 5) is 0. The maximum absolute atomic E-state index is 5.45. The zero-order valence-electron chi connectivity index (χ0n) is 6.95. The molecule has 1 aromatic rings. The third-order valence-corrected chi connectivity index (χ3v) is 1.65. The summed E-state index contributed by atoms with van der Waals surface area (Å²) in [5.41, 5.74) is 5.45. The Morgan fingerprint density at radius 2 is 2.36 bits per heavy atom. The molecule has 0 unspecified atom stereocenters. The molecular formula is C8H15N3. The van der Waals surface area contributed by atoms with Gasteiger partial charge in [0.05, 0.1) is 0 Å². The highest BCUT2D eigenvalue weighted by Crippen LogP contribution is 2.00. The van der Waals surface area contributed by atoms with Gasteiger partial charge < -0.3 is 5.73 Å². The van der Waals surface area contributed by atoms with Crippen LogP contribution in [0.1, 0.15) is 26.2 Å². The van der Waals surface area contributed by atoms with Gasteiger partial charge in [-0.1, -0.05) is 19.8 Å². The highest BCUT2D eigenvalue weighted by molar-refractivity contribution is 5.23. The number of unbranched alkanes of at least 4 members (excludes halogenated alkanes) is 2. The molecule has 3 heteroatoms. The Balaban J connectivity index is 2.27. The molecule has 0 fully saturated rings. The first kappa shape index (κ1) is 8.11. The molecule has 2 N–H and O–H groups in total. The Morgan fingerprint density at radius 3 is 2.91 bits per heavy atom. The molecule has 0 amide bonds. The summed E-state index contributed by atoms with van der Waals surface area (Å²) in [5.74, 6) is 0.612. The number of hydrogen-bond acceptors (Lipinski definition) is 2. The quantitative estimate of drug-likeness (QED) is 0.668. The van der Waals surface area contributed by atoms with E-state index in [1.807, 2.05) is 16.9 Å². The second-order valence-electron chi connectivity index (χ2n) is 2.71. The molecule has 0 atom stereocenters. The zero-order valence-corrected chi connectivity index (χ0v) is 6.95. The molecule has 0 saturated heterocycles. The van der Waals surface area contributed by atoms with E-state index < -0.39 is 0 Å². The standard InChI is InChI=1S/C8H15N3/c1-2-3-4-6-11-7-5-8(9)10-11/h5,7H,2-4,6H2,1H3,(H2,9,10). The van der Waals surface area contributed by atoms with E-state index in [2.05, 4.69) is 12.0 Å². The van der Waals surface area contributed by atoms with Gasteiger partial charge in [0, 0.05) is 12.7 Å². The van der Waals surface area contributed by atoms with Crippen molar-refractivity contribution in [3.05, 3.63) is 12.3 Å². The third kappa shape index (κ3) is 2.62. The van der Waals surface area contributed by atoms with E-state index in [9.17, 15) is 0 Å². The van der Waals surface area contributed by atoms with Gasteiger partial charge >= 0.3 is 0 Å². The molecule has 1 heterocycles. The van der Waals surface area contributed by atoms with Crippen LogP contribution in [0, 0.1) is 0 Å². The summed E-state index contributed by atoms with van der Waals surface area (Å²) < 4.78 is 1.89. The molecule has 0 saturated carbocycles. The van der Waals surface area contributed by atoms with Crippen molar-refractivity contribution in [2.75, 3.05) is 5.73 Å². The lowest BCUT2D eigenvalue weighted by atomic mass is 10.2. The minimum Gasteiger partial charge on any atom is -0.382 e. The van der Waals surface area contributed by atoms with Gasteiger partial charge in [-0.3, -0.25) is 4.68 Å². The van der Waals surface area contributed by atoms with Crippen LogP contribution in [0.15, 0.2) is 12.3 Å². The van der Waals surface area contributed by atoms with Crippen molar-refractivity contribution in [2.45, 2.75) is 32.7 Å². The predicted molar refractivity (Wildman–Crippen MR) is 46.2 cm³/mol. The third-order valence-electron chi connectivity index (χ3n) is 1.65. The summed E-state index contributed by atoms with van der Waals surface area (Å²) in [5, 5.41) is 4.08. The van der Waals surface area contributed by atoms with Crippen molar-refractivity contribution >= 4 is 5.82 Å². The fourth-order valence-electron chi connectivity index (χ4n) is 1.03. The molecule has 0 aliphatic rings. The number of aromatic nitrogens is 2. The molecule has 1 rings (SSSR count). The van der Waals surface area contributed by atoms with Crippen molar-refractivity contribution in [3.63, 3.8) is 0 Å². The van der Waals surface area contributed by atoms with Gasteiger partial charge in [-0.25, -0.2) is 0 Å². The van der Waals surface area contributed by atoms with Gasteiger partial charge in [-0.05, 0) is 12.5 Å². The Labute approximate surface area is 67.2 Å². The van der Waals surface area contributed by atoms with Crippen molar-refractivity contribution < 1.29 is 0 Å². The lowest BCUT2D eigenvalue weighted by molar-refractivity contribution is 0.555. The van der Waals surface area contributed by atoms with Crippen molar-refractivity contribution in [1.29, 1.82) is 0 Å². The van der Waals surface area contributed by atoms with Crippen LogP contribution in [0.4, 0.5) is 5.82 Å². The number of nitrogen functional groups attached to an aromatic ring is 1. The summed E-state index contributed by atoms with van der Waals surface area (Å²) in [6, 6.07) is 1.83. The smallest absolute Gasteiger partial charge is 0.145 e. The second-order valence-corrected chi connectivity index (χ2v) is 2.71. The highest BCUT2D eigenvalue weighted by Gasteiger charge is 1.92. The monoisotopic (exact) mass is 153 g/mol. The minimum atomic E-state index is 0.612. The fourth-order valence-corrected chi connectivity index (χ4v) is 1.03. The minimum absolute atomic E-state index is 0.612. The van der Waals surface area contributed by atoms with Crippen LogP contribution in [-0.2, 0) is 6.54 Å². The largest absolute Gasteiger partial charge is 0.382 e. The van der Waals surface area contributed by atoms with Gasteiger partial charge in [0.2, 0.25) is 0 Å². The first-order valence-electron chi connectivity index (χ1n) is 4.12. The number of nitrogens with zero attached hydrogens (tertiary/aromatic N) is 2. The van der Waals surface area contributed by atoms with E-state index in [-0.39, 0.29) is 0 Å². The SMILES string of the molecule is CCCCCn1ccc(N)n1. The van der Waals surface area contributed by atoms with Crippen LogP contribution in [-0.4, -0.2) is 9.78 Å². The molecular weight excluding hydrogens is 138 g/mol. The van der Waals surface area contributed by atoms with Crippen molar-refractivity contribution in [2.24, 2.45) is 0 Å². The van der Waals surface area contributed by atoms with Crippen molar-refractivity contribution in [1.82, 2.24) is 9.78 Å². The molecule has 0 bridgehead atoms. The van der Waals surface area contributed by atoms with Crippen LogP contribution in [0.5, 0.6) is 0 Å². The molecule has 0 aliphatic heterocycles. The molecule has 0 spiro atoms. The Kier molecular flexibility index (Phi) is 2.95. The normalized spacial score (nSPS) is 10.3. The molecule has 0 radical (unpaired) electrons. The maximum atomic E-state index is 5.45. The second kappa shape index (κ2) is 4.01. The molecule has 0 aromatic carbocycles. The Bertz CT molecular complexity index is 205. The Hall–Kier alpha value is -0.990. The van der Waals surface area contributed by atoms with E-state index in [0.717, 1.165) is 6.54 Å². The average Bonchev–Trinajstić information content (AvgIpc) is 2.37. The van der Waals surface area contributed by atoms with Crippen LogP contribution in [0.3, 0.4) is 0 Å². The topological polar surface area (TPSA) is 43.8 Å². The summed E-state index contributed by atoms with van der Waals surface area (Å²) in [6.07, 6.45) is 5.62. The van der Waals surface area contributed by atoms with Gasteiger partial charge in [0.15, 0.2) is 0 Å². The van der Waals surface area contributed by atoms with Gasteiger partial charge in [-0.15, -0.1) is 0 Å². The fraction of sp³-hybridized carbons (Fsp3) is 0.625. The summed E-state index contributed by atoms with van der Waals surface area (Å²) in [6.45, 7) is 3.18. The summed E-state index contributed by atoms with van der Waals surface area (Å²) in [7, 11) is 0. The highest BCUT2D eigenvalue weighted by atomic mass is 15.3.